The normalized spacial score (nSPS) is 15.0. The molecule has 150 valence electrons. The molecular weight excluding hydrogens is 392 g/mol. The van der Waals surface area contributed by atoms with E-state index in [2.05, 4.69) is 16.8 Å². The zero-order chi connectivity index (χ0) is 20.5. The zero-order valence-electron chi connectivity index (χ0n) is 16.0. The van der Waals surface area contributed by atoms with E-state index in [1.807, 2.05) is 0 Å². The first-order chi connectivity index (χ1) is 14.0. The number of hydrogen-bond donors (Lipinski definition) is 1. The molecule has 1 saturated heterocycles. The molecule has 1 fully saturated rings. The molecule has 0 atom stereocenters. The summed E-state index contributed by atoms with van der Waals surface area (Å²) in [6, 6.07) is 11.5. The maximum absolute atomic E-state index is 13.0. The van der Waals surface area contributed by atoms with Gasteiger partial charge in [0, 0.05) is 31.7 Å². The molecule has 0 radical (unpaired) electrons. The lowest BCUT2D eigenvalue weighted by Gasteiger charge is -2.34. The Hall–Kier alpha value is -2.90. The van der Waals surface area contributed by atoms with E-state index >= 15 is 0 Å². The van der Waals surface area contributed by atoms with Gasteiger partial charge in [0.15, 0.2) is 0 Å². The molecule has 0 saturated carbocycles. The number of nitrogens with zero attached hydrogens (tertiary/aromatic N) is 3. The van der Waals surface area contributed by atoms with Crippen LogP contribution in [0.5, 0.6) is 0 Å². The van der Waals surface area contributed by atoms with Crippen molar-refractivity contribution in [3.05, 3.63) is 73.9 Å². The SMILES string of the molecule is CCN1CCN(C(=O)c2ccc(Cl)c(-n3c(=O)[nH]c4ccccc4c3=O)c2)CC1. The second kappa shape index (κ2) is 7.85. The van der Waals surface area contributed by atoms with Crippen LogP contribution in [0.15, 0.2) is 52.1 Å². The number of rotatable bonds is 3. The number of hydrogen-bond acceptors (Lipinski definition) is 4. The average Bonchev–Trinajstić information content (AvgIpc) is 2.74. The van der Waals surface area contributed by atoms with Crippen LogP contribution < -0.4 is 11.2 Å². The molecule has 1 aromatic heterocycles. The van der Waals surface area contributed by atoms with Gasteiger partial charge < -0.3 is 14.8 Å². The van der Waals surface area contributed by atoms with E-state index < -0.39 is 11.2 Å². The lowest BCUT2D eigenvalue weighted by atomic mass is 10.1. The highest BCUT2D eigenvalue weighted by Gasteiger charge is 2.22. The van der Waals surface area contributed by atoms with Crippen molar-refractivity contribution >= 4 is 28.4 Å². The summed E-state index contributed by atoms with van der Waals surface area (Å²) in [4.78, 5) is 45.3. The van der Waals surface area contributed by atoms with Crippen molar-refractivity contribution in [2.45, 2.75) is 6.92 Å². The molecule has 4 rings (SSSR count). The smallest absolute Gasteiger partial charge is 0.333 e. The highest BCUT2D eigenvalue weighted by molar-refractivity contribution is 6.32. The van der Waals surface area contributed by atoms with Crippen LogP contribution in [-0.4, -0.2) is 58.0 Å². The number of aromatic amines is 1. The van der Waals surface area contributed by atoms with Crippen molar-refractivity contribution in [2.75, 3.05) is 32.7 Å². The van der Waals surface area contributed by atoms with Gasteiger partial charge in [0.1, 0.15) is 0 Å². The minimum absolute atomic E-state index is 0.135. The Morgan fingerprint density at radius 2 is 1.79 bits per heavy atom. The number of carbonyl (C=O) groups is 1. The molecular formula is C21H21ClN4O3. The van der Waals surface area contributed by atoms with Crippen LogP contribution in [0.2, 0.25) is 5.02 Å². The van der Waals surface area contributed by atoms with Crippen molar-refractivity contribution in [3.8, 4) is 5.69 Å². The van der Waals surface area contributed by atoms with Crippen LogP contribution in [0.3, 0.4) is 0 Å². The van der Waals surface area contributed by atoms with Crippen LogP contribution in [-0.2, 0) is 0 Å². The van der Waals surface area contributed by atoms with Gasteiger partial charge in [-0.3, -0.25) is 9.59 Å². The molecule has 8 heteroatoms. The molecule has 7 nitrogen and oxygen atoms in total. The molecule has 0 unspecified atom stereocenters. The summed E-state index contributed by atoms with van der Waals surface area (Å²) in [5.74, 6) is -0.135. The summed E-state index contributed by atoms with van der Waals surface area (Å²) in [6.45, 7) is 5.99. The van der Waals surface area contributed by atoms with E-state index in [-0.39, 0.29) is 16.6 Å². The van der Waals surface area contributed by atoms with Gasteiger partial charge >= 0.3 is 5.69 Å². The molecule has 3 aromatic rings. The monoisotopic (exact) mass is 412 g/mol. The molecule has 0 aliphatic carbocycles. The van der Waals surface area contributed by atoms with Gasteiger partial charge in [0.05, 0.1) is 21.6 Å². The Kier molecular flexibility index (Phi) is 5.25. The fraction of sp³-hybridized carbons (Fsp3) is 0.286. The zero-order valence-corrected chi connectivity index (χ0v) is 16.8. The number of halogens is 1. The van der Waals surface area contributed by atoms with Gasteiger partial charge in [0.2, 0.25) is 0 Å². The van der Waals surface area contributed by atoms with Crippen LogP contribution in [0, 0.1) is 0 Å². The van der Waals surface area contributed by atoms with Gasteiger partial charge in [-0.05, 0) is 36.9 Å². The summed E-state index contributed by atoms with van der Waals surface area (Å²) in [7, 11) is 0. The van der Waals surface area contributed by atoms with Gasteiger partial charge in [-0.15, -0.1) is 0 Å². The second-order valence-electron chi connectivity index (χ2n) is 7.01. The number of carbonyl (C=O) groups excluding carboxylic acids is 1. The van der Waals surface area contributed by atoms with Gasteiger partial charge in [0.25, 0.3) is 11.5 Å². The third-order valence-electron chi connectivity index (χ3n) is 5.35. The first kappa shape index (κ1) is 19.4. The highest BCUT2D eigenvalue weighted by atomic mass is 35.5. The van der Waals surface area contributed by atoms with Crippen LogP contribution in [0.25, 0.3) is 16.6 Å². The van der Waals surface area contributed by atoms with E-state index in [0.717, 1.165) is 24.2 Å². The maximum Gasteiger partial charge on any atom is 0.333 e. The first-order valence-electron chi connectivity index (χ1n) is 9.55. The molecule has 0 bridgehead atoms. The molecule has 1 aliphatic rings. The predicted molar refractivity (Wildman–Crippen MR) is 113 cm³/mol. The Bertz CT molecular complexity index is 1190. The van der Waals surface area contributed by atoms with Crippen molar-refractivity contribution < 1.29 is 4.79 Å². The Labute approximate surface area is 172 Å². The predicted octanol–water partition coefficient (Wildman–Crippen LogP) is 2.11. The Balaban J connectivity index is 1.75. The molecule has 0 spiro atoms. The minimum Gasteiger partial charge on any atom is -0.336 e. The van der Waals surface area contributed by atoms with E-state index in [4.69, 9.17) is 11.6 Å². The third kappa shape index (κ3) is 3.59. The van der Waals surface area contributed by atoms with E-state index in [0.29, 0.717) is 29.6 Å². The fourth-order valence-corrected chi connectivity index (χ4v) is 3.85. The summed E-state index contributed by atoms with van der Waals surface area (Å²) < 4.78 is 0.983. The first-order valence-corrected chi connectivity index (χ1v) is 9.93. The molecule has 1 amide bonds. The summed E-state index contributed by atoms with van der Waals surface area (Å²) in [5, 5.41) is 0.593. The summed E-state index contributed by atoms with van der Waals surface area (Å²) in [6.07, 6.45) is 0. The lowest BCUT2D eigenvalue weighted by molar-refractivity contribution is 0.0643. The number of likely N-dealkylation sites (N-methyl/N-ethyl adjacent to an activating group) is 1. The topological polar surface area (TPSA) is 78.4 Å². The van der Waals surface area contributed by atoms with Crippen LogP contribution >= 0.6 is 11.6 Å². The standard InChI is InChI=1S/C21H21ClN4O3/c1-2-24-9-11-25(12-10-24)19(27)14-7-8-16(22)18(13-14)26-20(28)15-5-3-4-6-17(15)23-21(26)29/h3-8,13H,2,9-12H2,1H3,(H,23,29). The van der Waals surface area contributed by atoms with E-state index in [9.17, 15) is 14.4 Å². The van der Waals surface area contributed by atoms with Crippen LogP contribution in [0.1, 0.15) is 17.3 Å². The van der Waals surface area contributed by atoms with Crippen molar-refractivity contribution in [1.29, 1.82) is 0 Å². The molecule has 29 heavy (non-hydrogen) atoms. The highest BCUT2D eigenvalue weighted by Crippen LogP contribution is 2.21. The summed E-state index contributed by atoms with van der Waals surface area (Å²) >= 11 is 6.31. The van der Waals surface area contributed by atoms with Gasteiger partial charge in [-0.25, -0.2) is 9.36 Å². The van der Waals surface area contributed by atoms with Crippen molar-refractivity contribution in [1.82, 2.24) is 19.4 Å². The van der Waals surface area contributed by atoms with Gasteiger partial charge in [-0.2, -0.15) is 0 Å². The number of H-pyrrole nitrogens is 1. The number of nitrogens with one attached hydrogen (secondary N) is 1. The number of amides is 1. The number of para-hydroxylation sites is 1. The van der Waals surface area contributed by atoms with E-state index in [1.165, 1.54) is 6.07 Å². The molecule has 1 aliphatic heterocycles. The van der Waals surface area contributed by atoms with Crippen molar-refractivity contribution in [2.24, 2.45) is 0 Å². The largest absolute Gasteiger partial charge is 0.336 e. The second-order valence-corrected chi connectivity index (χ2v) is 7.42. The lowest BCUT2D eigenvalue weighted by Crippen LogP contribution is -2.48. The van der Waals surface area contributed by atoms with Crippen molar-refractivity contribution in [3.63, 3.8) is 0 Å². The quantitative estimate of drug-likeness (QED) is 0.714. The number of aromatic nitrogens is 2. The fourth-order valence-electron chi connectivity index (χ4n) is 3.65. The number of benzene rings is 2. The molecule has 1 N–H and O–H groups in total. The Morgan fingerprint density at radius 3 is 2.52 bits per heavy atom. The maximum atomic E-state index is 13.0. The van der Waals surface area contributed by atoms with E-state index in [1.54, 1.807) is 41.3 Å². The van der Waals surface area contributed by atoms with Crippen LogP contribution in [0.4, 0.5) is 0 Å². The summed E-state index contributed by atoms with van der Waals surface area (Å²) in [5.41, 5.74) is -0.0319. The van der Waals surface area contributed by atoms with Gasteiger partial charge in [-0.1, -0.05) is 30.7 Å². The molecule has 2 heterocycles. The third-order valence-corrected chi connectivity index (χ3v) is 5.67. The minimum atomic E-state index is -0.600. The Morgan fingerprint density at radius 1 is 1.07 bits per heavy atom. The average molecular weight is 413 g/mol. The number of piperazine rings is 1. The molecule has 2 aromatic carbocycles. The number of fused-ring (bicyclic) bond motifs is 1.